The Labute approximate surface area is 164 Å². The Bertz CT molecular complexity index is 889. The highest BCUT2D eigenvalue weighted by Crippen LogP contribution is 2.23. The van der Waals surface area contributed by atoms with Gasteiger partial charge in [0.1, 0.15) is 11.6 Å². The molecule has 1 fully saturated rings. The van der Waals surface area contributed by atoms with Crippen molar-refractivity contribution in [1.29, 1.82) is 0 Å². The van der Waals surface area contributed by atoms with Crippen LogP contribution in [0.3, 0.4) is 0 Å². The Morgan fingerprint density at radius 1 is 1.04 bits per heavy atom. The minimum absolute atomic E-state index is 0.00836. The van der Waals surface area contributed by atoms with Crippen LogP contribution in [0.2, 0.25) is 0 Å². The monoisotopic (exact) mass is 384 g/mol. The molecule has 0 saturated carbocycles. The topological polar surface area (TPSA) is 49.9 Å². The van der Waals surface area contributed by atoms with Crippen LogP contribution < -0.4 is 9.64 Å². The van der Waals surface area contributed by atoms with Gasteiger partial charge in [-0.1, -0.05) is 17.7 Å². The molecule has 1 heterocycles. The summed E-state index contributed by atoms with van der Waals surface area (Å²) in [5.74, 6) is 0.0626. The van der Waals surface area contributed by atoms with Crippen LogP contribution in [0.15, 0.2) is 36.4 Å². The second-order valence-corrected chi connectivity index (χ2v) is 7.15. The largest absolute Gasteiger partial charge is 0.484 e. The molecule has 0 aromatic heterocycles. The van der Waals surface area contributed by atoms with Crippen molar-refractivity contribution in [2.24, 2.45) is 0 Å². The molecule has 1 amide bonds. The molecule has 0 spiro atoms. The fourth-order valence-corrected chi connectivity index (χ4v) is 3.37. The molecule has 3 rings (SSSR count). The van der Waals surface area contributed by atoms with E-state index in [0.717, 1.165) is 11.1 Å². The molecule has 1 aliphatic heterocycles. The molecule has 1 saturated heterocycles. The number of ketones is 1. The van der Waals surface area contributed by atoms with E-state index in [-0.39, 0.29) is 18.3 Å². The maximum Gasteiger partial charge on any atom is 0.260 e. The second-order valence-electron chi connectivity index (χ2n) is 7.15. The van der Waals surface area contributed by atoms with Gasteiger partial charge in [0, 0.05) is 31.7 Å². The molecule has 2 aromatic rings. The van der Waals surface area contributed by atoms with E-state index in [4.69, 9.17) is 4.74 Å². The molecular weight excluding hydrogens is 359 g/mol. The lowest BCUT2D eigenvalue weighted by Crippen LogP contribution is -2.50. The summed E-state index contributed by atoms with van der Waals surface area (Å²) in [6.45, 7) is 7.45. The van der Waals surface area contributed by atoms with Gasteiger partial charge < -0.3 is 14.5 Å². The van der Waals surface area contributed by atoms with Crippen LogP contribution in [0.4, 0.5) is 10.1 Å². The van der Waals surface area contributed by atoms with Crippen LogP contribution in [0.25, 0.3) is 0 Å². The zero-order chi connectivity index (χ0) is 20.3. The average Bonchev–Trinajstić information content (AvgIpc) is 2.67. The normalized spacial score (nSPS) is 14.1. The number of hydrogen-bond acceptors (Lipinski definition) is 4. The van der Waals surface area contributed by atoms with E-state index in [1.807, 2.05) is 36.9 Å². The van der Waals surface area contributed by atoms with E-state index in [2.05, 4.69) is 0 Å². The summed E-state index contributed by atoms with van der Waals surface area (Å²) in [4.78, 5) is 27.5. The molecule has 28 heavy (non-hydrogen) atoms. The highest BCUT2D eigenvalue weighted by Gasteiger charge is 2.23. The highest BCUT2D eigenvalue weighted by molar-refractivity contribution is 5.94. The predicted octanol–water partition coefficient (Wildman–Crippen LogP) is 3.37. The molecule has 0 bridgehead atoms. The summed E-state index contributed by atoms with van der Waals surface area (Å²) in [5, 5.41) is 0. The number of Topliss-reactive ketones (excluding diaryl/α,β-unsaturated/α-hetero) is 1. The van der Waals surface area contributed by atoms with Gasteiger partial charge in [0.2, 0.25) is 0 Å². The van der Waals surface area contributed by atoms with Gasteiger partial charge >= 0.3 is 0 Å². The zero-order valence-electron chi connectivity index (χ0n) is 16.5. The number of aryl methyl sites for hydroxylation is 2. The van der Waals surface area contributed by atoms with Crippen molar-refractivity contribution in [3.05, 3.63) is 58.9 Å². The van der Waals surface area contributed by atoms with E-state index in [1.165, 1.54) is 13.0 Å². The maximum atomic E-state index is 14.3. The van der Waals surface area contributed by atoms with Crippen LogP contribution in [0.1, 0.15) is 28.4 Å². The lowest BCUT2D eigenvalue weighted by molar-refractivity contribution is -0.133. The van der Waals surface area contributed by atoms with Crippen molar-refractivity contribution in [3.8, 4) is 5.75 Å². The smallest absolute Gasteiger partial charge is 0.260 e. The van der Waals surface area contributed by atoms with Gasteiger partial charge in [-0.2, -0.15) is 0 Å². The van der Waals surface area contributed by atoms with Gasteiger partial charge in [0.15, 0.2) is 12.4 Å². The van der Waals surface area contributed by atoms with Crippen molar-refractivity contribution < 1.29 is 18.7 Å². The van der Waals surface area contributed by atoms with Gasteiger partial charge in [-0.05, 0) is 50.6 Å². The predicted molar refractivity (Wildman–Crippen MR) is 107 cm³/mol. The van der Waals surface area contributed by atoms with Crippen LogP contribution in [-0.2, 0) is 4.79 Å². The standard InChI is InChI=1S/C22H25FN2O3/c1-15-4-7-21(16(2)12-15)28-14-22(27)25-10-8-24(9-11-25)20-6-5-18(17(3)26)13-19(20)23/h4-7,12-13H,8-11,14H2,1-3H3. The molecular formula is C22H25FN2O3. The summed E-state index contributed by atoms with van der Waals surface area (Å²) in [5.41, 5.74) is 2.97. The van der Waals surface area contributed by atoms with Gasteiger partial charge in [-0.15, -0.1) is 0 Å². The maximum absolute atomic E-state index is 14.3. The third kappa shape index (κ3) is 4.50. The summed E-state index contributed by atoms with van der Waals surface area (Å²) in [6, 6.07) is 10.4. The molecule has 0 atom stereocenters. The number of carbonyl (C=O) groups is 2. The van der Waals surface area contributed by atoms with Crippen molar-refractivity contribution in [2.75, 3.05) is 37.7 Å². The number of nitrogens with zero attached hydrogens (tertiary/aromatic N) is 2. The van der Waals surface area contributed by atoms with E-state index in [1.54, 1.807) is 17.0 Å². The van der Waals surface area contributed by atoms with Crippen LogP contribution in [0, 0.1) is 19.7 Å². The first-order valence-corrected chi connectivity index (χ1v) is 9.38. The summed E-state index contributed by atoms with van der Waals surface area (Å²) >= 11 is 0. The third-order valence-corrected chi connectivity index (χ3v) is 5.01. The molecule has 6 heteroatoms. The number of anilines is 1. The Morgan fingerprint density at radius 2 is 1.75 bits per heavy atom. The Hall–Kier alpha value is -2.89. The quantitative estimate of drug-likeness (QED) is 0.742. The van der Waals surface area contributed by atoms with Crippen molar-refractivity contribution in [1.82, 2.24) is 4.90 Å². The number of halogens is 1. The molecule has 0 N–H and O–H groups in total. The molecule has 1 aliphatic rings. The first-order valence-electron chi connectivity index (χ1n) is 9.38. The Morgan fingerprint density at radius 3 is 2.36 bits per heavy atom. The fourth-order valence-electron chi connectivity index (χ4n) is 3.37. The molecule has 5 nitrogen and oxygen atoms in total. The summed E-state index contributed by atoms with van der Waals surface area (Å²) in [7, 11) is 0. The lowest BCUT2D eigenvalue weighted by Gasteiger charge is -2.36. The first-order chi connectivity index (χ1) is 13.3. The van der Waals surface area contributed by atoms with Crippen LogP contribution in [0.5, 0.6) is 5.75 Å². The summed E-state index contributed by atoms with van der Waals surface area (Å²) in [6.07, 6.45) is 0. The Balaban J connectivity index is 1.54. The second kappa shape index (κ2) is 8.42. The SMILES string of the molecule is CC(=O)c1ccc(N2CCN(C(=O)COc3ccc(C)cc3C)CC2)c(F)c1. The van der Waals surface area contributed by atoms with Crippen molar-refractivity contribution in [2.45, 2.75) is 20.8 Å². The number of rotatable bonds is 5. The molecule has 148 valence electrons. The van der Waals surface area contributed by atoms with Gasteiger partial charge in [0.25, 0.3) is 5.91 Å². The van der Waals surface area contributed by atoms with E-state index >= 15 is 0 Å². The first kappa shape index (κ1) is 19.9. The zero-order valence-corrected chi connectivity index (χ0v) is 16.5. The number of ether oxygens (including phenoxy) is 1. The molecule has 2 aromatic carbocycles. The number of carbonyl (C=O) groups excluding carboxylic acids is 2. The number of piperazine rings is 1. The van der Waals surface area contributed by atoms with E-state index in [0.29, 0.717) is 43.2 Å². The average molecular weight is 384 g/mol. The van der Waals surface area contributed by atoms with E-state index in [9.17, 15) is 14.0 Å². The van der Waals surface area contributed by atoms with Gasteiger partial charge in [-0.3, -0.25) is 9.59 Å². The minimum atomic E-state index is -0.411. The fraction of sp³-hybridized carbons (Fsp3) is 0.364. The molecule has 0 radical (unpaired) electrons. The van der Waals surface area contributed by atoms with Crippen molar-refractivity contribution >= 4 is 17.4 Å². The minimum Gasteiger partial charge on any atom is -0.484 e. The third-order valence-electron chi connectivity index (χ3n) is 5.01. The number of benzene rings is 2. The van der Waals surface area contributed by atoms with Crippen LogP contribution >= 0.6 is 0 Å². The summed E-state index contributed by atoms with van der Waals surface area (Å²) < 4.78 is 20.0. The number of amides is 1. The molecule has 0 unspecified atom stereocenters. The van der Waals surface area contributed by atoms with E-state index < -0.39 is 5.82 Å². The Kier molecular flexibility index (Phi) is 5.97. The van der Waals surface area contributed by atoms with Gasteiger partial charge in [-0.25, -0.2) is 4.39 Å². The van der Waals surface area contributed by atoms with Crippen molar-refractivity contribution in [3.63, 3.8) is 0 Å². The van der Waals surface area contributed by atoms with Gasteiger partial charge in [0.05, 0.1) is 5.69 Å². The van der Waals surface area contributed by atoms with Crippen LogP contribution in [-0.4, -0.2) is 49.4 Å². The molecule has 0 aliphatic carbocycles. The lowest BCUT2D eigenvalue weighted by atomic mass is 10.1. The highest BCUT2D eigenvalue weighted by atomic mass is 19.1. The number of hydrogen-bond donors (Lipinski definition) is 0.